The quantitative estimate of drug-likeness (QED) is 0.649. The summed E-state index contributed by atoms with van der Waals surface area (Å²) < 4.78 is 0. The summed E-state index contributed by atoms with van der Waals surface area (Å²) in [6, 6.07) is -0.817. The standard InChI is InChI=1S/C10H20N4O2/c1-7-6-13(3)4-5-14(7)8(2)9(15)12-10(11)16/h7-8H,4-6H2,1-3H3,(H3,11,12,15,16). The van der Waals surface area contributed by atoms with Crippen molar-refractivity contribution < 1.29 is 9.59 Å². The molecule has 92 valence electrons. The van der Waals surface area contributed by atoms with Crippen LogP contribution in [-0.4, -0.2) is 60.5 Å². The van der Waals surface area contributed by atoms with Crippen LogP contribution >= 0.6 is 0 Å². The first-order valence-corrected chi connectivity index (χ1v) is 5.46. The van der Waals surface area contributed by atoms with Gasteiger partial charge < -0.3 is 10.6 Å². The number of nitrogens with two attached hydrogens (primary N) is 1. The SMILES string of the molecule is CC1CN(C)CCN1C(C)C(=O)NC(N)=O. The molecule has 1 heterocycles. The van der Waals surface area contributed by atoms with Crippen LogP contribution in [0.4, 0.5) is 4.79 Å². The first kappa shape index (κ1) is 12.9. The Balaban J connectivity index is 2.56. The van der Waals surface area contributed by atoms with Gasteiger partial charge in [-0.3, -0.25) is 15.0 Å². The normalized spacial score (nSPS) is 25.1. The number of nitrogens with one attached hydrogen (secondary N) is 1. The summed E-state index contributed by atoms with van der Waals surface area (Å²) in [6.45, 7) is 6.54. The van der Waals surface area contributed by atoms with E-state index < -0.39 is 6.03 Å². The molecule has 0 spiro atoms. The molecule has 1 aliphatic rings. The second-order valence-electron chi connectivity index (χ2n) is 4.38. The van der Waals surface area contributed by atoms with E-state index in [1.54, 1.807) is 6.92 Å². The molecule has 0 aromatic heterocycles. The summed E-state index contributed by atoms with van der Waals surface area (Å²) in [4.78, 5) is 26.5. The van der Waals surface area contributed by atoms with Gasteiger partial charge in [-0.25, -0.2) is 4.79 Å². The van der Waals surface area contributed by atoms with Crippen LogP contribution in [0.3, 0.4) is 0 Å². The van der Waals surface area contributed by atoms with Crippen molar-refractivity contribution in [2.75, 3.05) is 26.7 Å². The van der Waals surface area contributed by atoms with Crippen molar-refractivity contribution >= 4 is 11.9 Å². The Hall–Kier alpha value is -1.14. The third kappa shape index (κ3) is 3.18. The van der Waals surface area contributed by atoms with E-state index >= 15 is 0 Å². The number of carbonyl (C=O) groups is 2. The number of hydrogen-bond donors (Lipinski definition) is 2. The highest BCUT2D eigenvalue weighted by Gasteiger charge is 2.29. The van der Waals surface area contributed by atoms with Crippen molar-refractivity contribution in [1.82, 2.24) is 15.1 Å². The molecule has 0 radical (unpaired) electrons. The van der Waals surface area contributed by atoms with Crippen molar-refractivity contribution in [2.45, 2.75) is 25.9 Å². The second kappa shape index (κ2) is 5.27. The van der Waals surface area contributed by atoms with Crippen LogP contribution in [0.5, 0.6) is 0 Å². The number of urea groups is 1. The van der Waals surface area contributed by atoms with E-state index in [-0.39, 0.29) is 11.9 Å². The lowest BCUT2D eigenvalue weighted by Crippen LogP contribution is -2.58. The van der Waals surface area contributed by atoms with E-state index in [1.807, 2.05) is 0 Å². The van der Waals surface area contributed by atoms with Crippen LogP contribution in [0.25, 0.3) is 0 Å². The molecule has 6 heteroatoms. The lowest BCUT2D eigenvalue weighted by atomic mass is 10.1. The molecule has 1 rings (SSSR count). The van der Waals surface area contributed by atoms with Gasteiger partial charge in [0, 0.05) is 25.7 Å². The highest BCUT2D eigenvalue weighted by molar-refractivity contribution is 5.96. The van der Waals surface area contributed by atoms with Crippen molar-refractivity contribution in [3.8, 4) is 0 Å². The van der Waals surface area contributed by atoms with Crippen molar-refractivity contribution in [1.29, 1.82) is 0 Å². The van der Waals surface area contributed by atoms with E-state index in [4.69, 9.17) is 5.73 Å². The molecule has 2 atom stereocenters. The first-order chi connectivity index (χ1) is 7.41. The maximum atomic E-state index is 11.6. The zero-order valence-corrected chi connectivity index (χ0v) is 10.1. The number of nitrogens with zero attached hydrogens (tertiary/aromatic N) is 2. The predicted molar refractivity (Wildman–Crippen MR) is 60.9 cm³/mol. The monoisotopic (exact) mass is 228 g/mol. The van der Waals surface area contributed by atoms with E-state index in [9.17, 15) is 9.59 Å². The Kier molecular flexibility index (Phi) is 4.26. The summed E-state index contributed by atoms with van der Waals surface area (Å²) in [5, 5.41) is 2.12. The molecule has 16 heavy (non-hydrogen) atoms. The van der Waals surface area contributed by atoms with Gasteiger partial charge in [0.15, 0.2) is 0 Å². The minimum Gasteiger partial charge on any atom is -0.351 e. The minimum absolute atomic E-state index is 0.298. The Morgan fingerprint density at radius 2 is 2.06 bits per heavy atom. The van der Waals surface area contributed by atoms with Crippen molar-refractivity contribution in [3.05, 3.63) is 0 Å². The molecule has 6 nitrogen and oxygen atoms in total. The lowest BCUT2D eigenvalue weighted by Gasteiger charge is -2.40. The van der Waals surface area contributed by atoms with E-state index in [2.05, 4.69) is 29.1 Å². The lowest BCUT2D eigenvalue weighted by molar-refractivity contribution is -0.126. The Labute approximate surface area is 95.8 Å². The number of imide groups is 1. The molecule has 0 saturated carbocycles. The highest BCUT2D eigenvalue weighted by atomic mass is 16.2. The van der Waals surface area contributed by atoms with Gasteiger partial charge in [0.1, 0.15) is 0 Å². The largest absolute Gasteiger partial charge is 0.351 e. The van der Waals surface area contributed by atoms with Gasteiger partial charge in [-0.15, -0.1) is 0 Å². The fraction of sp³-hybridized carbons (Fsp3) is 0.800. The zero-order valence-electron chi connectivity index (χ0n) is 10.1. The number of carbonyl (C=O) groups excluding carboxylic acids is 2. The molecule has 0 aromatic rings. The van der Waals surface area contributed by atoms with Crippen molar-refractivity contribution in [2.24, 2.45) is 5.73 Å². The Morgan fingerprint density at radius 3 is 2.56 bits per heavy atom. The maximum absolute atomic E-state index is 11.6. The average molecular weight is 228 g/mol. The van der Waals surface area contributed by atoms with Gasteiger partial charge in [0.2, 0.25) is 5.91 Å². The van der Waals surface area contributed by atoms with E-state index in [0.29, 0.717) is 6.04 Å². The summed E-state index contributed by atoms with van der Waals surface area (Å²) >= 11 is 0. The van der Waals surface area contributed by atoms with Gasteiger partial charge in [-0.2, -0.15) is 0 Å². The zero-order chi connectivity index (χ0) is 12.3. The summed E-state index contributed by atoms with van der Waals surface area (Å²) in [5.74, 6) is -0.330. The number of piperazine rings is 1. The molecule has 0 aromatic carbocycles. The van der Waals surface area contributed by atoms with Crippen LogP contribution in [0.1, 0.15) is 13.8 Å². The molecule has 1 fully saturated rings. The third-order valence-electron chi connectivity index (χ3n) is 3.01. The third-order valence-corrected chi connectivity index (χ3v) is 3.01. The Morgan fingerprint density at radius 1 is 1.44 bits per heavy atom. The average Bonchev–Trinajstić information content (AvgIpc) is 2.15. The molecule has 0 bridgehead atoms. The molecule has 3 amide bonds. The number of amides is 3. The van der Waals surface area contributed by atoms with Gasteiger partial charge in [0.25, 0.3) is 0 Å². The maximum Gasteiger partial charge on any atom is 0.318 e. The number of primary amides is 1. The number of likely N-dealkylation sites (N-methyl/N-ethyl adjacent to an activating group) is 1. The summed E-state index contributed by atoms with van der Waals surface area (Å²) in [7, 11) is 2.06. The van der Waals surface area contributed by atoms with Crippen LogP contribution in [0.2, 0.25) is 0 Å². The topological polar surface area (TPSA) is 78.7 Å². The summed E-state index contributed by atoms with van der Waals surface area (Å²) in [5.41, 5.74) is 4.92. The molecule has 0 aliphatic carbocycles. The fourth-order valence-electron chi connectivity index (χ4n) is 2.11. The minimum atomic E-state index is -0.793. The van der Waals surface area contributed by atoms with E-state index in [1.165, 1.54) is 0 Å². The first-order valence-electron chi connectivity index (χ1n) is 5.46. The highest BCUT2D eigenvalue weighted by Crippen LogP contribution is 2.11. The van der Waals surface area contributed by atoms with Gasteiger partial charge in [-0.05, 0) is 20.9 Å². The molecule has 2 unspecified atom stereocenters. The van der Waals surface area contributed by atoms with Crippen LogP contribution in [0, 0.1) is 0 Å². The van der Waals surface area contributed by atoms with Gasteiger partial charge in [0.05, 0.1) is 6.04 Å². The summed E-state index contributed by atoms with van der Waals surface area (Å²) in [6.07, 6.45) is 0. The molecular formula is C10H20N4O2. The van der Waals surface area contributed by atoms with Gasteiger partial charge >= 0.3 is 6.03 Å². The number of hydrogen-bond acceptors (Lipinski definition) is 4. The Bertz CT molecular complexity index is 282. The molecule has 3 N–H and O–H groups in total. The smallest absolute Gasteiger partial charge is 0.318 e. The van der Waals surface area contributed by atoms with Gasteiger partial charge in [-0.1, -0.05) is 0 Å². The van der Waals surface area contributed by atoms with Crippen molar-refractivity contribution in [3.63, 3.8) is 0 Å². The fourth-order valence-corrected chi connectivity index (χ4v) is 2.11. The molecule has 1 saturated heterocycles. The van der Waals surface area contributed by atoms with E-state index in [0.717, 1.165) is 19.6 Å². The second-order valence-corrected chi connectivity index (χ2v) is 4.38. The van der Waals surface area contributed by atoms with Crippen LogP contribution < -0.4 is 11.1 Å². The van der Waals surface area contributed by atoms with Crippen LogP contribution in [-0.2, 0) is 4.79 Å². The number of rotatable bonds is 2. The van der Waals surface area contributed by atoms with Crippen LogP contribution in [0.15, 0.2) is 0 Å². The molecule has 1 aliphatic heterocycles. The molecular weight excluding hydrogens is 208 g/mol. The predicted octanol–water partition coefficient (Wildman–Crippen LogP) is -0.794.